The summed E-state index contributed by atoms with van der Waals surface area (Å²) in [4.78, 5) is 12.2. The molecule has 0 radical (unpaired) electrons. The van der Waals surface area contributed by atoms with Crippen molar-refractivity contribution in [3.8, 4) is 0 Å². The van der Waals surface area contributed by atoms with Crippen molar-refractivity contribution in [1.82, 2.24) is 4.57 Å². The van der Waals surface area contributed by atoms with Gasteiger partial charge < -0.3 is 9.30 Å². The van der Waals surface area contributed by atoms with E-state index in [9.17, 15) is 4.79 Å². The van der Waals surface area contributed by atoms with Gasteiger partial charge in [0.15, 0.2) is 5.78 Å². The molecule has 0 amide bonds. The third-order valence-electron chi connectivity index (χ3n) is 4.33. The van der Waals surface area contributed by atoms with Gasteiger partial charge in [0.25, 0.3) is 0 Å². The highest BCUT2D eigenvalue weighted by Gasteiger charge is 2.17. The molecule has 0 unspecified atom stereocenters. The molecular formula is C16H25NO2. The fourth-order valence-corrected chi connectivity index (χ4v) is 2.82. The van der Waals surface area contributed by atoms with E-state index in [0.29, 0.717) is 0 Å². The third-order valence-corrected chi connectivity index (χ3v) is 4.33. The molecule has 19 heavy (non-hydrogen) atoms. The molecule has 1 saturated carbocycles. The molecule has 0 saturated heterocycles. The van der Waals surface area contributed by atoms with Crippen molar-refractivity contribution in [3.63, 3.8) is 0 Å². The second-order valence-electron chi connectivity index (χ2n) is 5.69. The summed E-state index contributed by atoms with van der Waals surface area (Å²) in [5, 5.41) is 0. The van der Waals surface area contributed by atoms with Gasteiger partial charge in [-0.15, -0.1) is 0 Å². The Balaban J connectivity index is 1.91. The first-order chi connectivity index (χ1) is 9.09. The predicted molar refractivity (Wildman–Crippen MR) is 76.7 cm³/mol. The summed E-state index contributed by atoms with van der Waals surface area (Å²) < 4.78 is 7.88. The van der Waals surface area contributed by atoms with E-state index in [2.05, 4.69) is 4.57 Å². The summed E-state index contributed by atoms with van der Waals surface area (Å²) >= 11 is 0. The highest BCUT2D eigenvalue weighted by Crippen LogP contribution is 2.20. The number of carbonyl (C=O) groups excluding carboxylic acids is 1. The van der Waals surface area contributed by atoms with Crippen LogP contribution in [-0.2, 0) is 11.8 Å². The summed E-state index contributed by atoms with van der Waals surface area (Å²) in [5.41, 5.74) is 2.97. The summed E-state index contributed by atoms with van der Waals surface area (Å²) in [7, 11) is 1.99. The molecule has 0 atom stereocenters. The van der Waals surface area contributed by atoms with Crippen LogP contribution in [-0.4, -0.2) is 23.1 Å². The Morgan fingerprint density at radius 1 is 1.26 bits per heavy atom. The second kappa shape index (κ2) is 6.38. The van der Waals surface area contributed by atoms with Crippen LogP contribution in [0.3, 0.4) is 0 Å². The van der Waals surface area contributed by atoms with Crippen molar-refractivity contribution in [2.24, 2.45) is 7.05 Å². The Kier molecular flexibility index (Phi) is 4.81. The van der Waals surface area contributed by atoms with E-state index in [1.165, 1.54) is 25.7 Å². The average Bonchev–Trinajstić information content (AvgIpc) is 2.64. The van der Waals surface area contributed by atoms with Gasteiger partial charge in [0.2, 0.25) is 0 Å². The minimum Gasteiger partial charge on any atom is -0.370 e. The van der Waals surface area contributed by atoms with Gasteiger partial charge in [-0.3, -0.25) is 4.79 Å². The van der Waals surface area contributed by atoms with Gasteiger partial charge >= 0.3 is 0 Å². The second-order valence-corrected chi connectivity index (χ2v) is 5.69. The van der Waals surface area contributed by atoms with E-state index in [1.54, 1.807) is 0 Å². The minimum atomic E-state index is 0.116. The van der Waals surface area contributed by atoms with Crippen molar-refractivity contribution >= 4 is 5.78 Å². The van der Waals surface area contributed by atoms with Gasteiger partial charge in [-0.25, -0.2) is 0 Å². The number of ketones is 1. The maximum absolute atomic E-state index is 12.2. The zero-order valence-corrected chi connectivity index (χ0v) is 12.4. The molecule has 1 aliphatic rings. The Hall–Kier alpha value is -1.09. The van der Waals surface area contributed by atoms with E-state index >= 15 is 0 Å². The lowest BCUT2D eigenvalue weighted by Crippen LogP contribution is -2.18. The van der Waals surface area contributed by atoms with E-state index in [0.717, 1.165) is 29.8 Å². The van der Waals surface area contributed by atoms with Crippen LogP contribution < -0.4 is 0 Å². The van der Waals surface area contributed by atoms with Crippen LogP contribution in [0, 0.1) is 13.8 Å². The molecule has 0 aromatic carbocycles. The average molecular weight is 263 g/mol. The first-order valence-electron chi connectivity index (χ1n) is 7.37. The third kappa shape index (κ3) is 3.47. The zero-order valence-electron chi connectivity index (χ0n) is 12.4. The molecule has 0 bridgehead atoms. The highest BCUT2D eigenvalue weighted by atomic mass is 16.5. The van der Waals surface area contributed by atoms with Crippen molar-refractivity contribution in [2.75, 3.05) is 6.61 Å². The normalized spacial score (nSPS) is 17.4. The van der Waals surface area contributed by atoms with Gasteiger partial charge in [0.1, 0.15) is 6.61 Å². The van der Waals surface area contributed by atoms with Crippen molar-refractivity contribution in [2.45, 2.75) is 58.5 Å². The minimum absolute atomic E-state index is 0.116. The monoisotopic (exact) mass is 263 g/mol. The number of ether oxygens (including phenoxy) is 1. The molecule has 1 aromatic rings. The summed E-state index contributed by atoms with van der Waals surface area (Å²) in [5.74, 6) is 0.116. The fraction of sp³-hybridized carbons (Fsp3) is 0.688. The first kappa shape index (κ1) is 14.3. The maximum Gasteiger partial charge on any atom is 0.190 e. The largest absolute Gasteiger partial charge is 0.370 e. The zero-order chi connectivity index (χ0) is 13.8. The maximum atomic E-state index is 12.2. The van der Waals surface area contributed by atoms with Crippen LogP contribution in [0.4, 0.5) is 0 Å². The number of aryl methyl sites for hydroxylation is 1. The topological polar surface area (TPSA) is 31.2 Å². The van der Waals surface area contributed by atoms with E-state index in [4.69, 9.17) is 4.74 Å². The van der Waals surface area contributed by atoms with Gasteiger partial charge in [0, 0.05) is 24.0 Å². The fourth-order valence-electron chi connectivity index (χ4n) is 2.82. The Bertz CT molecular complexity index is 440. The molecule has 3 nitrogen and oxygen atoms in total. The first-order valence-corrected chi connectivity index (χ1v) is 7.37. The Morgan fingerprint density at radius 2 is 1.89 bits per heavy atom. The number of Topliss-reactive ketones (excluding diaryl/α,β-unsaturated/α-hetero) is 1. The summed E-state index contributed by atoms with van der Waals surface area (Å²) in [6, 6.07) is 1.97. The molecule has 2 rings (SSSR count). The molecule has 0 N–H and O–H groups in total. The van der Waals surface area contributed by atoms with E-state index in [1.807, 2.05) is 27.0 Å². The summed E-state index contributed by atoms with van der Waals surface area (Å²) in [6.07, 6.45) is 7.61. The standard InChI is InChI=1S/C16H25NO2/c1-12-10-15(13(2)17(12)3)16(18)11-19-14-8-6-4-5-7-9-14/h10,14H,4-9,11H2,1-3H3. The lowest BCUT2D eigenvalue weighted by atomic mass is 10.1. The molecule has 0 aliphatic heterocycles. The Morgan fingerprint density at radius 3 is 2.42 bits per heavy atom. The van der Waals surface area contributed by atoms with Crippen LogP contribution in [0.15, 0.2) is 6.07 Å². The van der Waals surface area contributed by atoms with Gasteiger partial charge in [0.05, 0.1) is 6.10 Å². The number of hydrogen-bond donors (Lipinski definition) is 0. The van der Waals surface area contributed by atoms with Gasteiger partial charge in [-0.05, 0) is 32.8 Å². The smallest absolute Gasteiger partial charge is 0.190 e. The number of hydrogen-bond acceptors (Lipinski definition) is 2. The van der Waals surface area contributed by atoms with Crippen molar-refractivity contribution in [3.05, 3.63) is 23.0 Å². The molecular weight excluding hydrogens is 238 g/mol. The summed E-state index contributed by atoms with van der Waals surface area (Å²) in [6.45, 7) is 4.25. The molecule has 1 aromatic heterocycles. The quantitative estimate of drug-likeness (QED) is 0.614. The molecule has 3 heteroatoms. The lowest BCUT2D eigenvalue weighted by molar-refractivity contribution is 0.0388. The molecule has 1 heterocycles. The number of carbonyl (C=O) groups is 1. The van der Waals surface area contributed by atoms with Crippen LogP contribution >= 0.6 is 0 Å². The van der Waals surface area contributed by atoms with Gasteiger partial charge in [-0.1, -0.05) is 25.7 Å². The van der Waals surface area contributed by atoms with Gasteiger partial charge in [-0.2, -0.15) is 0 Å². The molecule has 1 fully saturated rings. The predicted octanol–water partition coefficient (Wildman–Crippen LogP) is 3.56. The van der Waals surface area contributed by atoms with E-state index in [-0.39, 0.29) is 18.5 Å². The van der Waals surface area contributed by atoms with E-state index < -0.39 is 0 Å². The number of nitrogens with zero attached hydrogens (tertiary/aromatic N) is 1. The molecule has 1 aliphatic carbocycles. The lowest BCUT2D eigenvalue weighted by Gasteiger charge is -2.14. The SMILES string of the molecule is Cc1cc(C(=O)COC2CCCCCC2)c(C)n1C. The van der Waals surface area contributed by atoms with Crippen LogP contribution in [0.1, 0.15) is 60.3 Å². The van der Waals surface area contributed by atoms with Crippen LogP contribution in [0.25, 0.3) is 0 Å². The number of rotatable bonds is 4. The molecule has 106 valence electrons. The Labute approximate surface area is 115 Å². The number of aromatic nitrogens is 1. The van der Waals surface area contributed by atoms with Crippen molar-refractivity contribution in [1.29, 1.82) is 0 Å². The van der Waals surface area contributed by atoms with Crippen LogP contribution in [0.5, 0.6) is 0 Å². The molecule has 0 spiro atoms. The van der Waals surface area contributed by atoms with Crippen LogP contribution in [0.2, 0.25) is 0 Å². The van der Waals surface area contributed by atoms with Crippen molar-refractivity contribution < 1.29 is 9.53 Å². The highest BCUT2D eigenvalue weighted by molar-refractivity contribution is 5.98.